The smallest absolute Gasteiger partial charge is 0.244 e. The number of hydrogen-bond donors (Lipinski definition) is 1. The fraction of sp³-hybridized carbons (Fsp3) is 0.278. The molecule has 0 saturated heterocycles. The van der Waals surface area contributed by atoms with Crippen molar-refractivity contribution in [1.82, 2.24) is 14.5 Å². The van der Waals surface area contributed by atoms with Crippen LogP contribution in [-0.4, -0.2) is 25.3 Å². The van der Waals surface area contributed by atoms with E-state index in [1.807, 2.05) is 49.6 Å². The van der Waals surface area contributed by atoms with Gasteiger partial charge in [0, 0.05) is 24.3 Å². The number of ether oxygens (including phenoxy) is 1. The van der Waals surface area contributed by atoms with Gasteiger partial charge >= 0.3 is 0 Å². The number of benzene rings is 1. The predicted molar refractivity (Wildman–Crippen MR) is 103 cm³/mol. The molecule has 0 saturated carbocycles. The Morgan fingerprint density at radius 3 is 2.65 bits per heavy atom. The average Bonchev–Trinajstić information content (AvgIpc) is 3.29. The van der Waals surface area contributed by atoms with Gasteiger partial charge in [0.05, 0.1) is 12.0 Å². The second-order valence-electron chi connectivity index (χ2n) is 6.03. The van der Waals surface area contributed by atoms with Gasteiger partial charge in [-0.05, 0) is 31.4 Å². The van der Waals surface area contributed by atoms with E-state index in [-0.39, 0.29) is 17.5 Å². The SMILES string of the molecule is COc1ccccc1CNS(=O)(=O)c1cn(C(C)C)nc1-c1cccs1. The van der Waals surface area contributed by atoms with Crippen molar-refractivity contribution in [2.24, 2.45) is 0 Å². The van der Waals surface area contributed by atoms with Gasteiger partial charge in [-0.1, -0.05) is 24.3 Å². The summed E-state index contributed by atoms with van der Waals surface area (Å²) in [5, 5.41) is 6.40. The Kier molecular flexibility index (Phi) is 5.45. The van der Waals surface area contributed by atoms with Crippen molar-refractivity contribution >= 4 is 21.4 Å². The van der Waals surface area contributed by atoms with E-state index in [2.05, 4.69) is 9.82 Å². The maximum Gasteiger partial charge on any atom is 0.244 e. The van der Waals surface area contributed by atoms with E-state index in [1.54, 1.807) is 24.1 Å². The molecule has 0 spiro atoms. The van der Waals surface area contributed by atoms with Gasteiger partial charge < -0.3 is 4.74 Å². The Labute approximate surface area is 157 Å². The fourth-order valence-corrected chi connectivity index (χ4v) is 4.46. The van der Waals surface area contributed by atoms with Crippen LogP contribution in [0, 0.1) is 0 Å². The fourth-order valence-electron chi connectivity index (χ4n) is 2.52. The number of para-hydroxylation sites is 1. The zero-order chi connectivity index (χ0) is 18.7. The number of sulfonamides is 1. The van der Waals surface area contributed by atoms with Gasteiger partial charge in [-0.15, -0.1) is 11.3 Å². The molecular formula is C18H21N3O3S2. The standard InChI is InChI=1S/C18H21N3O3S2/c1-13(2)21-12-17(18(20-21)16-9-6-10-25-16)26(22,23)19-11-14-7-4-5-8-15(14)24-3/h4-10,12-13,19H,11H2,1-3H3. The van der Waals surface area contributed by atoms with E-state index in [4.69, 9.17) is 4.74 Å². The van der Waals surface area contributed by atoms with E-state index >= 15 is 0 Å². The third kappa shape index (κ3) is 3.82. The highest BCUT2D eigenvalue weighted by Gasteiger charge is 2.25. The van der Waals surface area contributed by atoms with Crippen LogP contribution in [0.5, 0.6) is 5.75 Å². The summed E-state index contributed by atoms with van der Waals surface area (Å²) in [4.78, 5) is 1.01. The minimum atomic E-state index is -3.74. The second kappa shape index (κ2) is 7.61. The van der Waals surface area contributed by atoms with Crippen LogP contribution in [0.2, 0.25) is 0 Å². The molecule has 1 N–H and O–H groups in total. The van der Waals surface area contributed by atoms with Crippen molar-refractivity contribution in [2.75, 3.05) is 7.11 Å². The lowest BCUT2D eigenvalue weighted by molar-refractivity contribution is 0.409. The van der Waals surface area contributed by atoms with E-state index < -0.39 is 10.0 Å². The molecule has 0 aliphatic rings. The van der Waals surface area contributed by atoms with Gasteiger partial charge in [0.15, 0.2) is 0 Å². The van der Waals surface area contributed by atoms with Crippen LogP contribution in [0.1, 0.15) is 25.5 Å². The summed E-state index contributed by atoms with van der Waals surface area (Å²) in [5.74, 6) is 0.645. The van der Waals surface area contributed by atoms with Crippen molar-refractivity contribution < 1.29 is 13.2 Å². The normalized spacial score (nSPS) is 11.8. The highest BCUT2D eigenvalue weighted by atomic mass is 32.2. The summed E-state index contributed by atoms with van der Waals surface area (Å²) < 4.78 is 35.5. The minimum absolute atomic E-state index is 0.0619. The lowest BCUT2D eigenvalue weighted by atomic mass is 10.2. The van der Waals surface area contributed by atoms with Crippen molar-refractivity contribution in [3.63, 3.8) is 0 Å². The first kappa shape index (κ1) is 18.6. The lowest BCUT2D eigenvalue weighted by Gasteiger charge is -2.10. The Bertz CT molecular complexity index is 977. The molecule has 138 valence electrons. The number of hydrogen-bond acceptors (Lipinski definition) is 5. The summed E-state index contributed by atoms with van der Waals surface area (Å²) in [6.45, 7) is 4.07. The maximum atomic E-state index is 13.0. The van der Waals surface area contributed by atoms with Gasteiger partial charge in [-0.2, -0.15) is 5.10 Å². The minimum Gasteiger partial charge on any atom is -0.496 e. The molecule has 8 heteroatoms. The monoisotopic (exact) mass is 391 g/mol. The molecule has 0 bridgehead atoms. The Hall–Kier alpha value is -2.16. The first-order chi connectivity index (χ1) is 12.4. The molecule has 0 radical (unpaired) electrons. The molecule has 0 fully saturated rings. The van der Waals surface area contributed by atoms with Crippen LogP contribution in [-0.2, 0) is 16.6 Å². The van der Waals surface area contributed by atoms with Gasteiger partial charge in [0.25, 0.3) is 0 Å². The summed E-state index contributed by atoms with van der Waals surface area (Å²) in [7, 11) is -2.17. The Morgan fingerprint density at radius 1 is 1.23 bits per heavy atom. The number of nitrogens with one attached hydrogen (secondary N) is 1. The third-order valence-electron chi connectivity index (χ3n) is 3.92. The first-order valence-electron chi connectivity index (χ1n) is 8.17. The van der Waals surface area contributed by atoms with Crippen molar-refractivity contribution in [3.05, 3.63) is 53.5 Å². The van der Waals surface area contributed by atoms with Crippen LogP contribution in [0.4, 0.5) is 0 Å². The number of nitrogens with zero attached hydrogens (tertiary/aromatic N) is 2. The van der Waals surface area contributed by atoms with E-state index in [0.717, 1.165) is 10.4 Å². The highest BCUT2D eigenvalue weighted by Crippen LogP contribution is 2.30. The van der Waals surface area contributed by atoms with Gasteiger partial charge in [-0.25, -0.2) is 13.1 Å². The molecule has 2 aromatic heterocycles. The summed E-state index contributed by atoms with van der Waals surface area (Å²) in [6, 6.07) is 11.1. The zero-order valence-electron chi connectivity index (χ0n) is 14.8. The van der Waals surface area contributed by atoms with Gasteiger partial charge in [0.1, 0.15) is 16.3 Å². The average molecular weight is 392 g/mol. The Morgan fingerprint density at radius 2 is 2.00 bits per heavy atom. The van der Waals surface area contributed by atoms with Crippen molar-refractivity contribution in [1.29, 1.82) is 0 Å². The number of rotatable bonds is 7. The summed E-state index contributed by atoms with van der Waals surface area (Å²) in [6.07, 6.45) is 1.59. The third-order valence-corrected chi connectivity index (χ3v) is 6.20. The highest BCUT2D eigenvalue weighted by molar-refractivity contribution is 7.89. The second-order valence-corrected chi connectivity index (χ2v) is 8.71. The van der Waals surface area contributed by atoms with Crippen molar-refractivity contribution in [2.45, 2.75) is 31.3 Å². The molecule has 0 aliphatic heterocycles. The van der Waals surface area contributed by atoms with Crippen LogP contribution in [0.25, 0.3) is 10.6 Å². The summed E-state index contributed by atoms with van der Waals surface area (Å²) >= 11 is 1.46. The maximum absolute atomic E-state index is 13.0. The van der Waals surface area contributed by atoms with Crippen LogP contribution >= 0.6 is 11.3 Å². The number of aromatic nitrogens is 2. The first-order valence-corrected chi connectivity index (χ1v) is 10.5. The molecule has 0 amide bonds. The van der Waals surface area contributed by atoms with Gasteiger partial charge in [-0.3, -0.25) is 4.68 Å². The zero-order valence-corrected chi connectivity index (χ0v) is 16.5. The van der Waals surface area contributed by atoms with E-state index in [0.29, 0.717) is 11.4 Å². The topological polar surface area (TPSA) is 73.2 Å². The van der Waals surface area contributed by atoms with Gasteiger partial charge in [0.2, 0.25) is 10.0 Å². The van der Waals surface area contributed by atoms with E-state index in [1.165, 1.54) is 11.3 Å². The molecule has 1 aromatic carbocycles. The molecule has 0 aliphatic carbocycles. The lowest BCUT2D eigenvalue weighted by Crippen LogP contribution is -2.23. The molecule has 3 aromatic rings. The quantitative estimate of drug-likeness (QED) is 0.667. The molecule has 26 heavy (non-hydrogen) atoms. The van der Waals surface area contributed by atoms with Crippen molar-refractivity contribution in [3.8, 4) is 16.3 Å². The van der Waals surface area contributed by atoms with Crippen LogP contribution in [0.15, 0.2) is 52.9 Å². The molecule has 6 nitrogen and oxygen atoms in total. The molecule has 0 atom stereocenters. The van der Waals surface area contributed by atoms with E-state index in [9.17, 15) is 8.42 Å². The predicted octanol–water partition coefficient (Wildman–Crippen LogP) is 3.68. The number of thiophene rings is 1. The van der Waals surface area contributed by atoms with Crippen LogP contribution in [0.3, 0.4) is 0 Å². The number of methoxy groups -OCH3 is 1. The summed E-state index contributed by atoms with van der Waals surface area (Å²) in [5.41, 5.74) is 1.24. The molecule has 3 rings (SSSR count). The molecule has 2 heterocycles. The Balaban J connectivity index is 1.94. The molecular weight excluding hydrogens is 370 g/mol. The van der Waals surface area contributed by atoms with Crippen LogP contribution < -0.4 is 9.46 Å². The molecule has 0 unspecified atom stereocenters. The largest absolute Gasteiger partial charge is 0.496 e.